The van der Waals surface area contributed by atoms with Gasteiger partial charge in [-0.3, -0.25) is 4.68 Å². The van der Waals surface area contributed by atoms with Gasteiger partial charge in [-0.1, -0.05) is 0 Å². The lowest BCUT2D eigenvalue weighted by Gasteiger charge is -2.14. The second-order valence-electron chi connectivity index (χ2n) is 3.20. The van der Waals surface area contributed by atoms with Crippen molar-refractivity contribution in [3.8, 4) is 0 Å². The van der Waals surface area contributed by atoms with Crippen molar-refractivity contribution >= 4 is 15.9 Å². The van der Waals surface area contributed by atoms with Crippen LogP contribution in [-0.2, 0) is 0 Å². The van der Waals surface area contributed by atoms with Gasteiger partial charge in [0.05, 0.1) is 22.8 Å². The Balaban J connectivity index is 2.19. The number of hydrogen-bond donors (Lipinski definition) is 1. The van der Waals surface area contributed by atoms with Crippen LogP contribution >= 0.6 is 15.9 Å². The van der Waals surface area contributed by atoms with Crippen LogP contribution in [-0.4, -0.2) is 21.0 Å². The second-order valence-corrected chi connectivity index (χ2v) is 4.12. The molecule has 1 fully saturated rings. The summed E-state index contributed by atoms with van der Waals surface area (Å²) in [6.45, 7) is 0. The molecule has 1 heterocycles. The van der Waals surface area contributed by atoms with Crippen LogP contribution in [0, 0.1) is 0 Å². The first-order chi connectivity index (χ1) is 5.77. The van der Waals surface area contributed by atoms with Crippen LogP contribution in [0.15, 0.2) is 16.9 Å². The molecular weight excluding hydrogens is 220 g/mol. The van der Waals surface area contributed by atoms with Crippen molar-refractivity contribution in [3.63, 3.8) is 0 Å². The largest absolute Gasteiger partial charge is 0.391 e. The molecule has 3 nitrogen and oxygen atoms in total. The van der Waals surface area contributed by atoms with E-state index in [2.05, 4.69) is 21.0 Å². The van der Waals surface area contributed by atoms with Gasteiger partial charge in [0.25, 0.3) is 0 Å². The van der Waals surface area contributed by atoms with E-state index >= 15 is 0 Å². The maximum absolute atomic E-state index is 9.58. The molecule has 1 aromatic heterocycles. The lowest BCUT2D eigenvalue weighted by Crippen LogP contribution is -2.18. The monoisotopic (exact) mass is 230 g/mol. The minimum Gasteiger partial charge on any atom is -0.391 e. The topological polar surface area (TPSA) is 38.0 Å². The fourth-order valence-corrected chi connectivity index (χ4v) is 2.03. The Bertz CT molecular complexity index is 274. The summed E-state index contributed by atoms with van der Waals surface area (Å²) in [5, 5.41) is 13.7. The van der Waals surface area contributed by atoms with Gasteiger partial charge in [-0.25, -0.2) is 0 Å². The molecule has 2 atom stereocenters. The molecule has 1 aliphatic carbocycles. The fraction of sp³-hybridized carbons (Fsp3) is 0.625. The summed E-state index contributed by atoms with van der Waals surface area (Å²) in [4.78, 5) is 0. The summed E-state index contributed by atoms with van der Waals surface area (Å²) in [7, 11) is 0. The van der Waals surface area contributed by atoms with Crippen molar-refractivity contribution in [2.75, 3.05) is 0 Å². The van der Waals surface area contributed by atoms with E-state index in [0.29, 0.717) is 0 Å². The molecule has 0 radical (unpaired) electrons. The highest BCUT2D eigenvalue weighted by molar-refractivity contribution is 9.10. The molecule has 0 spiro atoms. The fourth-order valence-electron chi connectivity index (χ4n) is 1.73. The van der Waals surface area contributed by atoms with Gasteiger partial charge in [0, 0.05) is 6.20 Å². The van der Waals surface area contributed by atoms with E-state index < -0.39 is 0 Å². The number of halogens is 1. The molecule has 1 aliphatic rings. The first-order valence-corrected chi connectivity index (χ1v) is 4.94. The summed E-state index contributed by atoms with van der Waals surface area (Å²) in [6, 6.07) is 0.191. The van der Waals surface area contributed by atoms with Crippen LogP contribution in [0.3, 0.4) is 0 Å². The molecule has 0 aromatic carbocycles. The predicted octanol–water partition coefficient (Wildman–Crippen LogP) is 1.73. The summed E-state index contributed by atoms with van der Waals surface area (Å²) < 4.78 is 2.82. The molecule has 12 heavy (non-hydrogen) atoms. The zero-order chi connectivity index (χ0) is 8.55. The average molecular weight is 231 g/mol. The van der Waals surface area contributed by atoms with Crippen molar-refractivity contribution in [2.45, 2.75) is 31.4 Å². The van der Waals surface area contributed by atoms with Crippen molar-refractivity contribution in [3.05, 3.63) is 16.9 Å². The van der Waals surface area contributed by atoms with E-state index in [4.69, 9.17) is 0 Å². The molecule has 0 aliphatic heterocycles. The molecule has 2 rings (SSSR count). The minimum atomic E-state index is -0.211. The average Bonchev–Trinajstić information content (AvgIpc) is 2.58. The van der Waals surface area contributed by atoms with Crippen molar-refractivity contribution in [1.29, 1.82) is 0 Å². The predicted molar refractivity (Wildman–Crippen MR) is 48.8 cm³/mol. The number of hydrogen-bond acceptors (Lipinski definition) is 2. The standard InChI is InChI=1S/C8H11BrN2O/c9-6-4-10-11(5-6)7-2-1-3-8(7)12/h4-5,7-8,12H,1-3H2/t7-,8-/m0/s1. The summed E-state index contributed by atoms with van der Waals surface area (Å²) in [5.74, 6) is 0. The molecule has 0 bridgehead atoms. The van der Waals surface area contributed by atoms with Gasteiger partial charge in [0.1, 0.15) is 0 Å². The third-order valence-corrected chi connectivity index (χ3v) is 2.76. The van der Waals surface area contributed by atoms with E-state index in [-0.39, 0.29) is 12.1 Å². The highest BCUT2D eigenvalue weighted by Gasteiger charge is 2.26. The first kappa shape index (κ1) is 8.26. The van der Waals surface area contributed by atoms with Crippen LogP contribution in [0.25, 0.3) is 0 Å². The van der Waals surface area contributed by atoms with Crippen LogP contribution in [0.4, 0.5) is 0 Å². The van der Waals surface area contributed by atoms with Gasteiger partial charge in [0.2, 0.25) is 0 Å². The van der Waals surface area contributed by atoms with Gasteiger partial charge in [-0.2, -0.15) is 5.10 Å². The quantitative estimate of drug-likeness (QED) is 0.799. The highest BCUT2D eigenvalue weighted by atomic mass is 79.9. The van der Waals surface area contributed by atoms with E-state index in [0.717, 1.165) is 23.7 Å². The minimum absolute atomic E-state index is 0.191. The molecule has 0 saturated heterocycles. The number of aliphatic hydroxyl groups excluding tert-OH is 1. The Labute approximate surface area is 79.5 Å². The van der Waals surface area contributed by atoms with E-state index in [1.165, 1.54) is 0 Å². The van der Waals surface area contributed by atoms with Gasteiger partial charge < -0.3 is 5.11 Å². The molecule has 0 unspecified atom stereocenters. The normalized spacial score (nSPS) is 29.5. The molecule has 4 heteroatoms. The van der Waals surface area contributed by atoms with Crippen LogP contribution < -0.4 is 0 Å². The number of aliphatic hydroxyl groups is 1. The third kappa shape index (κ3) is 1.41. The van der Waals surface area contributed by atoms with E-state index in [1.807, 2.05) is 10.9 Å². The maximum Gasteiger partial charge on any atom is 0.0778 e. The Morgan fingerprint density at radius 1 is 1.58 bits per heavy atom. The second kappa shape index (κ2) is 3.18. The van der Waals surface area contributed by atoms with Gasteiger partial charge in [-0.05, 0) is 35.2 Å². The molecule has 0 amide bonds. The van der Waals surface area contributed by atoms with Crippen molar-refractivity contribution < 1.29 is 5.11 Å². The SMILES string of the molecule is O[C@H]1CCC[C@@H]1n1cc(Br)cn1. The highest BCUT2D eigenvalue weighted by Crippen LogP contribution is 2.29. The van der Waals surface area contributed by atoms with Crippen molar-refractivity contribution in [1.82, 2.24) is 9.78 Å². The molecule has 66 valence electrons. The molecule has 1 aromatic rings. The van der Waals surface area contributed by atoms with Gasteiger partial charge in [-0.15, -0.1) is 0 Å². The zero-order valence-electron chi connectivity index (χ0n) is 6.65. The summed E-state index contributed by atoms with van der Waals surface area (Å²) >= 11 is 3.33. The van der Waals surface area contributed by atoms with Crippen LogP contribution in [0.1, 0.15) is 25.3 Å². The Hall–Kier alpha value is -0.350. The lowest BCUT2D eigenvalue weighted by molar-refractivity contribution is 0.130. The Kier molecular flexibility index (Phi) is 2.19. The summed E-state index contributed by atoms with van der Waals surface area (Å²) in [6.07, 6.45) is 6.50. The smallest absolute Gasteiger partial charge is 0.0778 e. The number of nitrogens with zero attached hydrogens (tertiary/aromatic N) is 2. The Morgan fingerprint density at radius 2 is 2.42 bits per heavy atom. The Morgan fingerprint density at radius 3 is 2.92 bits per heavy atom. The first-order valence-electron chi connectivity index (χ1n) is 4.15. The number of rotatable bonds is 1. The number of aromatic nitrogens is 2. The van der Waals surface area contributed by atoms with E-state index in [1.54, 1.807) is 6.20 Å². The molecule has 1 N–H and O–H groups in total. The molecular formula is C8H11BrN2O. The molecule has 1 saturated carbocycles. The third-order valence-electron chi connectivity index (χ3n) is 2.35. The van der Waals surface area contributed by atoms with Crippen LogP contribution in [0.2, 0.25) is 0 Å². The van der Waals surface area contributed by atoms with Gasteiger partial charge >= 0.3 is 0 Å². The lowest BCUT2D eigenvalue weighted by atomic mass is 10.2. The van der Waals surface area contributed by atoms with Crippen LogP contribution in [0.5, 0.6) is 0 Å². The summed E-state index contributed by atoms with van der Waals surface area (Å²) in [5.41, 5.74) is 0. The van der Waals surface area contributed by atoms with E-state index in [9.17, 15) is 5.11 Å². The van der Waals surface area contributed by atoms with Crippen molar-refractivity contribution in [2.24, 2.45) is 0 Å². The maximum atomic E-state index is 9.58. The zero-order valence-corrected chi connectivity index (χ0v) is 8.24. The van der Waals surface area contributed by atoms with Gasteiger partial charge in [0.15, 0.2) is 0 Å².